The maximum absolute atomic E-state index is 13.2. The average Bonchev–Trinajstić information content (AvgIpc) is 3.34. The van der Waals surface area contributed by atoms with E-state index >= 15 is 0 Å². The molecule has 9 N–H and O–H groups in total. The maximum Gasteiger partial charge on any atom is 0.327 e. The number of nitrogens with one attached hydrogen (secondary N) is 4. The number of carboxylic acid groups (broad SMARTS) is 1. The Morgan fingerprint density at radius 2 is 1.56 bits per heavy atom. The molecule has 0 saturated carbocycles. The maximum atomic E-state index is 13.2. The number of benzene rings is 1. The molecule has 1 heterocycles. The number of H-pyrrole nitrogens is 1. The molecule has 1 aromatic carbocycles. The summed E-state index contributed by atoms with van der Waals surface area (Å²) in [6.45, 7) is 0. The lowest BCUT2D eigenvalue weighted by Crippen LogP contribution is -2.58. The van der Waals surface area contributed by atoms with E-state index in [9.17, 15) is 24.0 Å². The Labute approximate surface area is 212 Å². The second-order valence-electron chi connectivity index (χ2n) is 7.95. The predicted molar refractivity (Wildman–Crippen MR) is 132 cm³/mol. The molecule has 1 aromatic heterocycles. The molecule has 2 aromatic rings. The third-order valence-electron chi connectivity index (χ3n) is 5.08. The van der Waals surface area contributed by atoms with Gasteiger partial charge < -0.3 is 37.5 Å². The van der Waals surface area contributed by atoms with Crippen LogP contribution in [0.15, 0.2) is 42.9 Å². The minimum Gasteiger partial charge on any atom is -0.480 e. The highest BCUT2D eigenvalue weighted by molar-refractivity contribution is 7.80. The van der Waals surface area contributed by atoms with Crippen LogP contribution in [0, 0.1) is 0 Å². The van der Waals surface area contributed by atoms with Crippen molar-refractivity contribution in [3.05, 3.63) is 54.1 Å². The van der Waals surface area contributed by atoms with Gasteiger partial charge in [-0.3, -0.25) is 19.2 Å². The molecule has 0 fully saturated rings. The minimum atomic E-state index is -1.48. The van der Waals surface area contributed by atoms with Crippen molar-refractivity contribution < 1.29 is 29.1 Å². The first-order chi connectivity index (χ1) is 17.1. The summed E-state index contributed by atoms with van der Waals surface area (Å²) in [4.78, 5) is 68.0. The van der Waals surface area contributed by atoms with Gasteiger partial charge in [0.1, 0.15) is 18.1 Å². The number of hydrogen-bond donors (Lipinski definition) is 8. The number of carbonyl (C=O) groups is 5. The first-order valence-electron chi connectivity index (χ1n) is 10.9. The van der Waals surface area contributed by atoms with E-state index < -0.39 is 60.2 Å². The molecule has 4 atom stereocenters. The van der Waals surface area contributed by atoms with Crippen molar-refractivity contribution in [1.29, 1.82) is 0 Å². The first kappa shape index (κ1) is 28.3. The Kier molecular flexibility index (Phi) is 10.9. The monoisotopic (exact) mass is 519 g/mol. The molecule has 0 saturated heterocycles. The van der Waals surface area contributed by atoms with Crippen molar-refractivity contribution in [3.8, 4) is 0 Å². The fraction of sp³-hybridized carbons (Fsp3) is 0.364. The predicted octanol–water partition coefficient (Wildman–Crippen LogP) is -2.13. The van der Waals surface area contributed by atoms with Crippen LogP contribution in [0.3, 0.4) is 0 Å². The number of carbonyl (C=O) groups excluding carboxylic acids is 4. The van der Waals surface area contributed by atoms with Crippen molar-refractivity contribution in [3.63, 3.8) is 0 Å². The topological polar surface area (TPSA) is 222 Å². The second kappa shape index (κ2) is 13.8. The van der Waals surface area contributed by atoms with Crippen LogP contribution in [0.4, 0.5) is 0 Å². The summed E-state index contributed by atoms with van der Waals surface area (Å²) in [6.07, 6.45) is 2.55. The molecular formula is C22H29N7O6S. The number of aromatic nitrogens is 2. The molecule has 14 heteroatoms. The molecule has 194 valence electrons. The first-order valence-corrected chi connectivity index (χ1v) is 11.5. The summed E-state index contributed by atoms with van der Waals surface area (Å²) >= 11 is 3.87. The summed E-state index contributed by atoms with van der Waals surface area (Å²) in [6, 6.07) is 3.77. The van der Waals surface area contributed by atoms with E-state index in [1.807, 2.05) is 0 Å². The molecule has 36 heavy (non-hydrogen) atoms. The molecule has 0 bridgehead atoms. The van der Waals surface area contributed by atoms with Crippen molar-refractivity contribution in [1.82, 2.24) is 25.9 Å². The quantitative estimate of drug-likeness (QED) is 0.128. The van der Waals surface area contributed by atoms with Gasteiger partial charge in [-0.1, -0.05) is 30.3 Å². The average molecular weight is 520 g/mol. The van der Waals surface area contributed by atoms with Crippen LogP contribution in [0.2, 0.25) is 0 Å². The Hall–Kier alpha value is -3.91. The largest absolute Gasteiger partial charge is 0.480 e. The fourth-order valence-electron chi connectivity index (χ4n) is 3.20. The summed E-state index contributed by atoms with van der Waals surface area (Å²) in [7, 11) is 0. The molecule has 4 unspecified atom stereocenters. The molecule has 2 rings (SSSR count). The van der Waals surface area contributed by atoms with Crippen LogP contribution in [0.25, 0.3) is 0 Å². The van der Waals surface area contributed by atoms with Gasteiger partial charge in [-0.25, -0.2) is 9.78 Å². The Morgan fingerprint density at radius 3 is 2.11 bits per heavy atom. The van der Waals surface area contributed by atoms with Crippen molar-refractivity contribution in [2.75, 3.05) is 5.75 Å². The summed E-state index contributed by atoms with van der Waals surface area (Å²) in [5.74, 6) is -4.83. The van der Waals surface area contributed by atoms with Crippen LogP contribution in [0.5, 0.6) is 0 Å². The van der Waals surface area contributed by atoms with Gasteiger partial charge in [0.05, 0.1) is 18.8 Å². The van der Waals surface area contributed by atoms with E-state index in [1.165, 1.54) is 12.5 Å². The second-order valence-corrected chi connectivity index (χ2v) is 8.32. The molecule has 0 radical (unpaired) electrons. The highest BCUT2D eigenvalue weighted by Crippen LogP contribution is 2.06. The number of primary amides is 1. The molecular weight excluding hydrogens is 490 g/mol. The third-order valence-corrected chi connectivity index (χ3v) is 5.45. The van der Waals surface area contributed by atoms with E-state index in [0.29, 0.717) is 11.3 Å². The van der Waals surface area contributed by atoms with Crippen molar-refractivity contribution in [2.45, 2.75) is 43.4 Å². The molecule has 0 aliphatic rings. The number of nitrogens with zero attached hydrogens (tertiary/aromatic N) is 1. The van der Waals surface area contributed by atoms with Gasteiger partial charge in [-0.2, -0.15) is 12.6 Å². The van der Waals surface area contributed by atoms with Gasteiger partial charge in [0.25, 0.3) is 0 Å². The van der Waals surface area contributed by atoms with Crippen LogP contribution in [0.1, 0.15) is 17.7 Å². The number of imidazole rings is 1. The molecule has 0 aliphatic carbocycles. The van der Waals surface area contributed by atoms with E-state index in [1.54, 1.807) is 30.3 Å². The minimum absolute atomic E-state index is 0.0501. The standard InChI is InChI=1S/C22H29N7O6S/c23-14(7-13-9-25-11-26-13)19(31)27-15(6-12-4-2-1-3-5-12)20(32)28-16(8-18(24)30)21(33)29-17(10-36)22(34)35/h1-5,9,11,14-17,36H,6-8,10,23H2,(H2,24,30)(H,25,26)(H,27,31)(H,28,32)(H,29,33)(H,34,35). The normalized spacial score (nSPS) is 14.1. The van der Waals surface area contributed by atoms with Gasteiger partial charge in [0, 0.05) is 30.5 Å². The smallest absolute Gasteiger partial charge is 0.327 e. The number of amides is 4. The van der Waals surface area contributed by atoms with E-state index in [-0.39, 0.29) is 18.6 Å². The van der Waals surface area contributed by atoms with Crippen molar-refractivity contribution >= 4 is 42.2 Å². The van der Waals surface area contributed by atoms with E-state index in [0.717, 1.165) is 0 Å². The van der Waals surface area contributed by atoms with Crippen LogP contribution in [-0.2, 0) is 36.8 Å². The Balaban J connectivity index is 2.19. The molecule has 0 aliphatic heterocycles. The lowest BCUT2D eigenvalue weighted by atomic mass is 10.0. The van der Waals surface area contributed by atoms with Crippen molar-refractivity contribution in [2.24, 2.45) is 11.5 Å². The zero-order chi connectivity index (χ0) is 26.7. The summed E-state index contributed by atoms with van der Waals surface area (Å²) in [5, 5.41) is 16.3. The number of hydrogen-bond acceptors (Lipinski definition) is 8. The summed E-state index contributed by atoms with van der Waals surface area (Å²) < 4.78 is 0. The summed E-state index contributed by atoms with van der Waals surface area (Å²) in [5.41, 5.74) is 12.5. The number of aliphatic carboxylic acids is 1. The number of carboxylic acids is 1. The van der Waals surface area contributed by atoms with Gasteiger partial charge in [-0.15, -0.1) is 0 Å². The number of nitrogens with two attached hydrogens (primary N) is 2. The van der Waals surface area contributed by atoms with Crippen LogP contribution in [-0.4, -0.2) is 74.6 Å². The van der Waals surface area contributed by atoms with Gasteiger partial charge in [0.15, 0.2) is 0 Å². The molecule has 4 amide bonds. The molecule has 13 nitrogen and oxygen atoms in total. The number of aromatic amines is 1. The third kappa shape index (κ3) is 9.03. The highest BCUT2D eigenvalue weighted by atomic mass is 32.1. The number of rotatable bonds is 14. The number of thiol groups is 1. The Bertz CT molecular complexity index is 1050. The molecule has 0 spiro atoms. The van der Waals surface area contributed by atoms with Crippen LogP contribution >= 0.6 is 12.6 Å². The van der Waals surface area contributed by atoms with Gasteiger partial charge in [0.2, 0.25) is 23.6 Å². The van der Waals surface area contributed by atoms with Gasteiger partial charge >= 0.3 is 5.97 Å². The van der Waals surface area contributed by atoms with Crippen LogP contribution < -0.4 is 27.4 Å². The fourth-order valence-corrected chi connectivity index (χ4v) is 3.45. The lowest BCUT2D eigenvalue weighted by molar-refractivity contribution is -0.141. The van der Waals surface area contributed by atoms with E-state index in [4.69, 9.17) is 16.6 Å². The zero-order valence-electron chi connectivity index (χ0n) is 19.2. The zero-order valence-corrected chi connectivity index (χ0v) is 20.1. The van der Waals surface area contributed by atoms with Gasteiger partial charge in [-0.05, 0) is 5.56 Å². The Morgan fingerprint density at radius 1 is 0.944 bits per heavy atom. The SMILES string of the molecule is NC(=O)CC(NC(=O)C(Cc1ccccc1)NC(=O)C(N)Cc1cnc[nH]1)C(=O)NC(CS)C(=O)O. The lowest BCUT2D eigenvalue weighted by Gasteiger charge is -2.24. The van der Waals surface area contributed by atoms with E-state index in [2.05, 4.69) is 38.5 Å². The highest BCUT2D eigenvalue weighted by Gasteiger charge is 2.31.